The van der Waals surface area contributed by atoms with Gasteiger partial charge >= 0.3 is 6.03 Å². The van der Waals surface area contributed by atoms with Crippen LogP contribution in [0.5, 0.6) is 0 Å². The molecule has 0 aliphatic carbocycles. The van der Waals surface area contributed by atoms with Crippen LogP contribution >= 0.6 is 0 Å². The fourth-order valence-electron chi connectivity index (χ4n) is 2.82. The van der Waals surface area contributed by atoms with Crippen LogP contribution in [0.15, 0.2) is 0 Å². The van der Waals surface area contributed by atoms with Gasteiger partial charge in [0.1, 0.15) is 0 Å². The van der Waals surface area contributed by atoms with Gasteiger partial charge in [-0.15, -0.1) is 0 Å². The summed E-state index contributed by atoms with van der Waals surface area (Å²) in [5.41, 5.74) is 0. The van der Waals surface area contributed by atoms with E-state index in [1.165, 1.54) is 12.8 Å². The van der Waals surface area contributed by atoms with Crippen molar-refractivity contribution in [1.29, 1.82) is 0 Å². The number of amides is 2. The van der Waals surface area contributed by atoms with Gasteiger partial charge in [0.25, 0.3) is 0 Å². The lowest BCUT2D eigenvalue weighted by Crippen LogP contribution is -2.50. The number of nitrogens with one attached hydrogen (secondary N) is 1. The van der Waals surface area contributed by atoms with Crippen LogP contribution in [0.4, 0.5) is 4.79 Å². The van der Waals surface area contributed by atoms with Crippen molar-refractivity contribution >= 4 is 6.03 Å². The van der Waals surface area contributed by atoms with E-state index < -0.39 is 6.10 Å². The predicted molar refractivity (Wildman–Crippen MR) is 81.8 cm³/mol. The second-order valence-electron chi connectivity index (χ2n) is 6.45. The number of rotatable bonds is 6. The van der Waals surface area contributed by atoms with Crippen molar-refractivity contribution in [3.05, 3.63) is 0 Å². The first-order valence-electron chi connectivity index (χ1n) is 7.81. The van der Waals surface area contributed by atoms with Crippen molar-refractivity contribution in [3.8, 4) is 0 Å². The number of hydrogen-bond donors (Lipinski definition) is 2. The number of piperidine rings is 1. The van der Waals surface area contributed by atoms with E-state index in [-0.39, 0.29) is 6.03 Å². The zero-order chi connectivity index (χ0) is 15.1. The molecule has 0 aromatic carbocycles. The van der Waals surface area contributed by atoms with Crippen molar-refractivity contribution in [3.63, 3.8) is 0 Å². The lowest BCUT2D eigenvalue weighted by molar-refractivity contribution is 0.123. The fourth-order valence-corrected chi connectivity index (χ4v) is 2.82. The third-order valence-electron chi connectivity index (χ3n) is 3.72. The van der Waals surface area contributed by atoms with E-state index in [9.17, 15) is 9.90 Å². The number of hydrogen-bond acceptors (Lipinski definition) is 3. The Hall–Kier alpha value is -0.810. The second kappa shape index (κ2) is 8.47. The topological polar surface area (TPSA) is 55.8 Å². The number of urea groups is 1. The first-order chi connectivity index (χ1) is 9.40. The molecule has 2 atom stereocenters. The second-order valence-corrected chi connectivity index (χ2v) is 6.45. The smallest absolute Gasteiger partial charge is 0.317 e. The Morgan fingerprint density at radius 2 is 2.10 bits per heavy atom. The summed E-state index contributed by atoms with van der Waals surface area (Å²) in [6, 6.07) is 0.357. The van der Waals surface area contributed by atoms with Crippen molar-refractivity contribution in [2.45, 2.75) is 52.2 Å². The number of likely N-dealkylation sites (tertiary alicyclic amines) is 1. The maximum Gasteiger partial charge on any atom is 0.317 e. The molecule has 5 nitrogen and oxygen atoms in total. The van der Waals surface area contributed by atoms with Gasteiger partial charge in [0.15, 0.2) is 0 Å². The molecule has 0 radical (unpaired) electrons. The molecule has 1 heterocycles. The zero-order valence-corrected chi connectivity index (χ0v) is 13.4. The van der Waals surface area contributed by atoms with Crippen LogP contribution in [0.25, 0.3) is 0 Å². The Labute approximate surface area is 123 Å². The molecule has 2 unspecified atom stereocenters. The highest BCUT2D eigenvalue weighted by atomic mass is 16.3. The van der Waals surface area contributed by atoms with E-state index in [1.54, 1.807) is 18.9 Å². The van der Waals surface area contributed by atoms with E-state index in [2.05, 4.69) is 24.1 Å². The predicted octanol–water partition coefficient (Wildman–Crippen LogP) is 1.52. The minimum atomic E-state index is -0.488. The lowest BCUT2D eigenvalue weighted by Gasteiger charge is -2.37. The van der Waals surface area contributed by atoms with Gasteiger partial charge in [-0.2, -0.15) is 0 Å². The van der Waals surface area contributed by atoms with Crippen molar-refractivity contribution < 1.29 is 9.90 Å². The minimum absolute atomic E-state index is 0.0963. The van der Waals surface area contributed by atoms with E-state index >= 15 is 0 Å². The molecule has 20 heavy (non-hydrogen) atoms. The van der Waals surface area contributed by atoms with Crippen LogP contribution in [0.1, 0.15) is 40.0 Å². The Balaban J connectivity index is 2.39. The van der Waals surface area contributed by atoms with Gasteiger partial charge in [-0.3, -0.25) is 4.90 Å². The lowest BCUT2D eigenvalue weighted by atomic mass is 10.0. The molecule has 0 spiro atoms. The summed E-state index contributed by atoms with van der Waals surface area (Å²) < 4.78 is 0. The Morgan fingerprint density at radius 1 is 1.40 bits per heavy atom. The maximum absolute atomic E-state index is 11.9. The van der Waals surface area contributed by atoms with E-state index in [4.69, 9.17) is 0 Å². The largest absolute Gasteiger partial charge is 0.392 e. The SMILES string of the molecule is CC(C)CN1CCCCC1CNC(=O)N(C)CC(C)O. The summed E-state index contributed by atoms with van der Waals surface area (Å²) in [6.07, 6.45) is 3.18. The number of likely N-dealkylation sites (N-methyl/N-ethyl adjacent to an activating group) is 1. The molecule has 1 rings (SSSR count). The molecule has 1 aliphatic heterocycles. The number of carbonyl (C=O) groups excluding carboxylic acids is 1. The molecule has 1 aliphatic rings. The molecular weight excluding hydrogens is 254 g/mol. The number of carbonyl (C=O) groups is 1. The molecular formula is C15H31N3O2. The van der Waals surface area contributed by atoms with Gasteiger partial charge in [0.2, 0.25) is 0 Å². The van der Waals surface area contributed by atoms with Gasteiger partial charge in [0, 0.05) is 32.7 Å². The van der Waals surface area contributed by atoms with Crippen LogP contribution in [0, 0.1) is 5.92 Å². The van der Waals surface area contributed by atoms with Gasteiger partial charge in [-0.05, 0) is 32.2 Å². The van der Waals surface area contributed by atoms with Crippen LogP contribution in [-0.2, 0) is 0 Å². The van der Waals surface area contributed by atoms with Crippen LogP contribution in [0.2, 0.25) is 0 Å². The van der Waals surface area contributed by atoms with E-state index in [0.29, 0.717) is 25.0 Å². The number of nitrogens with zero attached hydrogens (tertiary/aromatic N) is 2. The molecule has 5 heteroatoms. The number of aliphatic hydroxyl groups excluding tert-OH is 1. The van der Waals surface area contributed by atoms with Gasteiger partial charge in [-0.25, -0.2) is 4.79 Å². The van der Waals surface area contributed by atoms with E-state index in [0.717, 1.165) is 19.5 Å². The standard InChI is InChI=1S/C15H31N3O2/c1-12(2)10-18-8-6-5-7-14(18)9-16-15(20)17(4)11-13(3)19/h12-14,19H,5-11H2,1-4H3,(H,16,20). The van der Waals surface area contributed by atoms with Gasteiger partial charge in [0.05, 0.1) is 6.10 Å². The Morgan fingerprint density at radius 3 is 2.70 bits per heavy atom. The third kappa shape index (κ3) is 6.09. The van der Waals surface area contributed by atoms with E-state index in [1.807, 2.05) is 0 Å². The van der Waals surface area contributed by atoms with Gasteiger partial charge < -0.3 is 15.3 Å². The van der Waals surface area contributed by atoms with Gasteiger partial charge in [-0.1, -0.05) is 20.3 Å². The summed E-state index contributed by atoms with van der Waals surface area (Å²) in [5, 5.41) is 12.3. The molecule has 0 aromatic heterocycles. The van der Waals surface area contributed by atoms with Crippen molar-refractivity contribution in [2.24, 2.45) is 5.92 Å². The molecule has 0 bridgehead atoms. The van der Waals surface area contributed by atoms with Crippen molar-refractivity contribution in [2.75, 3.05) is 33.2 Å². The summed E-state index contributed by atoms with van der Waals surface area (Å²) in [7, 11) is 1.72. The third-order valence-corrected chi connectivity index (χ3v) is 3.72. The molecule has 2 amide bonds. The molecule has 0 saturated carbocycles. The van der Waals surface area contributed by atoms with Crippen molar-refractivity contribution in [1.82, 2.24) is 15.1 Å². The zero-order valence-electron chi connectivity index (χ0n) is 13.4. The highest BCUT2D eigenvalue weighted by Gasteiger charge is 2.23. The van der Waals surface area contributed by atoms with Crippen LogP contribution in [-0.4, -0.2) is 66.3 Å². The first-order valence-corrected chi connectivity index (χ1v) is 7.81. The Bertz CT molecular complexity index is 295. The highest BCUT2D eigenvalue weighted by molar-refractivity contribution is 5.73. The van der Waals surface area contributed by atoms with Crippen LogP contribution in [0.3, 0.4) is 0 Å². The summed E-state index contributed by atoms with van der Waals surface area (Å²) >= 11 is 0. The molecule has 1 fully saturated rings. The quantitative estimate of drug-likeness (QED) is 0.778. The first kappa shape index (κ1) is 17.2. The minimum Gasteiger partial charge on any atom is -0.392 e. The molecule has 2 N–H and O–H groups in total. The average molecular weight is 285 g/mol. The maximum atomic E-state index is 11.9. The number of aliphatic hydroxyl groups is 1. The molecule has 118 valence electrons. The highest BCUT2D eigenvalue weighted by Crippen LogP contribution is 2.17. The fraction of sp³-hybridized carbons (Fsp3) is 0.933. The summed E-state index contributed by atoms with van der Waals surface area (Å²) in [4.78, 5) is 16.0. The normalized spacial score (nSPS) is 21.8. The molecule has 1 saturated heterocycles. The monoisotopic (exact) mass is 285 g/mol. The summed E-state index contributed by atoms with van der Waals surface area (Å²) in [5.74, 6) is 0.657. The Kier molecular flexibility index (Phi) is 7.30. The summed E-state index contributed by atoms with van der Waals surface area (Å²) in [6.45, 7) is 9.48. The molecule has 0 aromatic rings. The average Bonchev–Trinajstić information content (AvgIpc) is 2.35. The van der Waals surface area contributed by atoms with Crippen LogP contribution < -0.4 is 5.32 Å².